The molecule has 1 aromatic carbocycles. The molecule has 0 unspecified atom stereocenters. The van der Waals surface area contributed by atoms with Crippen LogP contribution in [0.5, 0.6) is 0 Å². The summed E-state index contributed by atoms with van der Waals surface area (Å²) < 4.78 is 16.3. The number of aromatic nitrogens is 7. The van der Waals surface area contributed by atoms with E-state index in [1.54, 1.807) is 24.7 Å². The summed E-state index contributed by atoms with van der Waals surface area (Å²) in [7, 11) is 0. The van der Waals surface area contributed by atoms with Crippen LogP contribution in [0.25, 0.3) is 11.3 Å². The molecule has 1 amide bonds. The molecule has 1 saturated heterocycles. The van der Waals surface area contributed by atoms with Gasteiger partial charge in [-0.1, -0.05) is 0 Å². The minimum atomic E-state index is -0.341. The molecule has 0 saturated carbocycles. The molecule has 1 atom stereocenters. The summed E-state index contributed by atoms with van der Waals surface area (Å²) in [6.07, 6.45) is 7.54. The third kappa shape index (κ3) is 3.45. The lowest BCUT2D eigenvalue weighted by molar-refractivity contribution is 0.0938. The van der Waals surface area contributed by atoms with E-state index in [1.807, 2.05) is 10.6 Å². The van der Waals surface area contributed by atoms with Crippen LogP contribution < -0.4 is 10.2 Å². The molecular formula is C19H18FN9O. The summed E-state index contributed by atoms with van der Waals surface area (Å²) in [5.74, 6) is 0.468. The first-order valence-corrected chi connectivity index (χ1v) is 9.52. The molecule has 1 aliphatic heterocycles. The van der Waals surface area contributed by atoms with E-state index >= 15 is 0 Å². The lowest BCUT2D eigenvalue weighted by Gasteiger charge is -2.17. The summed E-state index contributed by atoms with van der Waals surface area (Å²) in [5, 5.41) is 15.1. The fourth-order valence-corrected chi connectivity index (χ4v) is 3.56. The van der Waals surface area contributed by atoms with E-state index in [0.717, 1.165) is 31.0 Å². The van der Waals surface area contributed by atoms with Crippen LogP contribution in [-0.4, -0.2) is 59.9 Å². The summed E-state index contributed by atoms with van der Waals surface area (Å²) >= 11 is 0. The topological polar surface area (TPSA) is 106 Å². The van der Waals surface area contributed by atoms with Gasteiger partial charge in [0.2, 0.25) is 11.5 Å². The first-order valence-electron chi connectivity index (χ1n) is 9.52. The number of carbonyl (C=O) groups is 1. The summed E-state index contributed by atoms with van der Waals surface area (Å²) in [6.45, 7) is 2.10. The van der Waals surface area contributed by atoms with Crippen molar-refractivity contribution in [2.75, 3.05) is 24.5 Å². The molecular weight excluding hydrogens is 389 g/mol. The van der Waals surface area contributed by atoms with Crippen LogP contribution in [0.2, 0.25) is 0 Å². The van der Waals surface area contributed by atoms with E-state index in [9.17, 15) is 9.18 Å². The number of hydrogen-bond donors (Lipinski definition) is 1. The van der Waals surface area contributed by atoms with Gasteiger partial charge in [0.25, 0.3) is 5.91 Å². The molecule has 5 rings (SSSR count). The number of fused-ring (bicyclic) bond motifs is 1. The first kappa shape index (κ1) is 18.2. The molecule has 4 heterocycles. The average molecular weight is 407 g/mol. The summed E-state index contributed by atoms with van der Waals surface area (Å²) in [4.78, 5) is 23.1. The SMILES string of the molecule is O=C(NC[C@H]1CCN(c2nccn3cnnc23)C1)c1ncn(-c2ccc(F)cc2)n1. The number of anilines is 1. The number of amides is 1. The van der Waals surface area contributed by atoms with E-state index < -0.39 is 0 Å². The Morgan fingerprint density at radius 2 is 2.07 bits per heavy atom. The molecule has 1 aliphatic rings. The molecule has 0 aliphatic carbocycles. The molecule has 0 spiro atoms. The quantitative estimate of drug-likeness (QED) is 0.528. The Bertz CT molecular complexity index is 1190. The highest BCUT2D eigenvalue weighted by Crippen LogP contribution is 2.24. The molecule has 152 valence electrons. The lowest BCUT2D eigenvalue weighted by Crippen LogP contribution is -2.32. The second-order valence-electron chi connectivity index (χ2n) is 7.11. The molecule has 11 heteroatoms. The van der Waals surface area contributed by atoms with Gasteiger partial charge < -0.3 is 10.2 Å². The van der Waals surface area contributed by atoms with E-state index in [2.05, 4.69) is 35.5 Å². The highest BCUT2D eigenvalue weighted by atomic mass is 19.1. The second-order valence-corrected chi connectivity index (χ2v) is 7.11. The monoisotopic (exact) mass is 407 g/mol. The van der Waals surface area contributed by atoms with Crippen LogP contribution in [0.1, 0.15) is 17.0 Å². The molecule has 30 heavy (non-hydrogen) atoms. The molecule has 4 aromatic rings. The molecule has 1 fully saturated rings. The fourth-order valence-electron chi connectivity index (χ4n) is 3.56. The van der Waals surface area contributed by atoms with Crippen molar-refractivity contribution in [1.82, 2.24) is 39.7 Å². The number of benzene rings is 1. The molecule has 3 aromatic heterocycles. The van der Waals surface area contributed by atoms with Crippen LogP contribution in [0, 0.1) is 11.7 Å². The minimum absolute atomic E-state index is 0.0732. The zero-order valence-electron chi connectivity index (χ0n) is 15.9. The maximum absolute atomic E-state index is 13.1. The zero-order valence-corrected chi connectivity index (χ0v) is 15.9. The van der Waals surface area contributed by atoms with Crippen molar-refractivity contribution < 1.29 is 9.18 Å². The predicted molar refractivity (Wildman–Crippen MR) is 105 cm³/mol. The van der Waals surface area contributed by atoms with Crippen molar-refractivity contribution >= 4 is 17.4 Å². The van der Waals surface area contributed by atoms with Crippen molar-refractivity contribution in [2.24, 2.45) is 5.92 Å². The normalized spacial score (nSPS) is 16.3. The van der Waals surface area contributed by atoms with Gasteiger partial charge in [0.15, 0.2) is 5.82 Å². The highest BCUT2D eigenvalue weighted by Gasteiger charge is 2.26. The van der Waals surface area contributed by atoms with Crippen LogP contribution in [0.15, 0.2) is 49.3 Å². The van der Waals surface area contributed by atoms with Gasteiger partial charge in [-0.25, -0.2) is 19.0 Å². The number of carbonyl (C=O) groups excluding carboxylic acids is 1. The zero-order chi connectivity index (χ0) is 20.5. The van der Waals surface area contributed by atoms with Crippen molar-refractivity contribution in [3.63, 3.8) is 0 Å². The molecule has 10 nitrogen and oxygen atoms in total. The van der Waals surface area contributed by atoms with Gasteiger partial charge in [-0.2, -0.15) is 0 Å². The van der Waals surface area contributed by atoms with Gasteiger partial charge in [-0.15, -0.1) is 15.3 Å². The van der Waals surface area contributed by atoms with Gasteiger partial charge >= 0.3 is 0 Å². The van der Waals surface area contributed by atoms with Crippen molar-refractivity contribution in [2.45, 2.75) is 6.42 Å². The van der Waals surface area contributed by atoms with Crippen LogP contribution >= 0.6 is 0 Å². The molecule has 1 N–H and O–H groups in total. The van der Waals surface area contributed by atoms with Crippen molar-refractivity contribution in [3.8, 4) is 5.69 Å². The van der Waals surface area contributed by atoms with Gasteiger partial charge in [-0.05, 0) is 36.6 Å². The number of nitrogens with one attached hydrogen (secondary N) is 1. The smallest absolute Gasteiger partial charge is 0.290 e. The number of halogens is 1. The Morgan fingerprint density at radius 1 is 1.20 bits per heavy atom. The number of rotatable bonds is 5. The van der Waals surface area contributed by atoms with Gasteiger partial charge in [-0.3, -0.25) is 9.20 Å². The number of nitrogens with zero attached hydrogens (tertiary/aromatic N) is 8. The van der Waals surface area contributed by atoms with Crippen LogP contribution in [-0.2, 0) is 0 Å². The van der Waals surface area contributed by atoms with Crippen molar-refractivity contribution in [3.05, 3.63) is 61.0 Å². The Balaban J connectivity index is 1.19. The molecule has 0 radical (unpaired) electrons. The highest BCUT2D eigenvalue weighted by molar-refractivity contribution is 5.90. The summed E-state index contributed by atoms with van der Waals surface area (Å²) in [5.41, 5.74) is 1.35. The van der Waals surface area contributed by atoms with Gasteiger partial charge in [0.05, 0.1) is 5.69 Å². The fraction of sp³-hybridized carbons (Fsp3) is 0.263. The molecule has 0 bridgehead atoms. The predicted octanol–water partition coefficient (Wildman–Crippen LogP) is 1.10. The first-order chi connectivity index (χ1) is 14.7. The minimum Gasteiger partial charge on any atom is -0.353 e. The Hall–Kier alpha value is -3.89. The summed E-state index contributed by atoms with van der Waals surface area (Å²) in [6, 6.07) is 5.81. The maximum Gasteiger partial charge on any atom is 0.290 e. The largest absolute Gasteiger partial charge is 0.353 e. The Morgan fingerprint density at radius 3 is 2.93 bits per heavy atom. The van der Waals surface area contributed by atoms with Crippen LogP contribution in [0.4, 0.5) is 10.2 Å². The third-order valence-corrected chi connectivity index (χ3v) is 5.12. The van der Waals surface area contributed by atoms with E-state index in [1.165, 1.54) is 23.1 Å². The van der Waals surface area contributed by atoms with E-state index in [0.29, 0.717) is 12.2 Å². The maximum atomic E-state index is 13.1. The van der Waals surface area contributed by atoms with Gasteiger partial charge in [0.1, 0.15) is 18.5 Å². The lowest BCUT2D eigenvalue weighted by atomic mass is 10.1. The van der Waals surface area contributed by atoms with E-state index in [-0.39, 0.29) is 23.5 Å². The second kappa shape index (κ2) is 7.50. The Kier molecular flexibility index (Phi) is 4.54. The average Bonchev–Trinajstić information content (AvgIpc) is 3.52. The van der Waals surface area contributed by atoms with E-state index in [4.69, 9.17) is 0 Å². The number of hydrogen-bond acceptors (Lipinski definition) is 7. The van der Waals surface area contributed by atoms with Crippen molar-refractivity contribution in [1.29, 1.82) is 0 Å². The third-order valence-electron chi connectivity index (χ3n) is 5.12. The standard InChI is InChI=1S/C19H18FN9O/c20-14-1-3-15(4-2-14)29-11-23-16(26-29)19(30)22-9-13-5-7-27(10-13)17-18-25-24-12-28(18)8-6-21-17/h1-4,6,8,11-13H,5,7,9-10H2,(H,22,30)/t13-/m1/s1. The Labute approximate surface area is 170 Å². The van der Waals surface area contributed by atoms with Gasteiger partial charge in [0, 0.05) is 32.0 Å². The van der Waals surface area contributed by atoms with Crippen LogP contribution in [0.3, 0.4) is 0 Å².